The first-order valence-corrected chi connectivity index (χ1v) is 6.99. The van der Waals surface area contributed by atoms with Crippen LogP contribution in [0.4, 0.5) is 0 Å². The van der Waals surface area contributed by atoms with E-state index in [9.17, 15) is 9.59 Å². The number of hydrogen-bond acceptors (Lipinski definition) is 4. The Morgan fingerprint density at radius 3 is 3.06 bits per heavy atom. The molecule has 1 saturated heterocycles. The van der Waals surface area contributed by atoms with Crippen molar-refractivity contribution in [1.29, 1.82) is 0 Å². The second-order valence-electron chi connectivity index (χ2n) is 4.38. The van der Waals surface area contributed by atoms with Crippen LogP contribution in [0.3, 0.4) is 0 Å². The van der Waals surface area contributed by atoms with Gasteiger partial charge in [-0.25, -0.2) is 4.98 Å². The number of carbonyl (C=O) groups is 2. The third kappa shape index (κ3) is 3.07. The zero-order chi connectivity index (χ0) is 13.0. The average Bonchev–Trinajstić information content (AvgIpc) is 2.89. The lowest BCUT2D eigenvalue weighted by Gasteiger charge is -2.34. The van der Waals surface area contributed by atoms with E-state index in [-0.39, 0.29) is 24.4 Å². The third-order valence-electron chi connectivity index (χ3n) is 3.05. The summed E-state index contributed by atoms with van der Waals surface area (Å²) in [7, 11) is 0. The Balaban J connectivity index is 2.03. The van der Waals surface area contributed by atoms with Crippen LogP contribution >= 0.6 is 11.3 Å². The molecule has 0 spiro atoms. The molecule has 98 valence electrons. The molecule has 1 aliphatic rings. The van der Waals surface area contributed by atoms with Crippen molar-refractivity contribution in [3.8, 4) is 0 Å². The number of thiazole rings is 1. The Kier molecular flexibility index (Phi) is 4.30. The van der Waals surface area contributed by atoms with Crippen LogP contribution in [0, 0.1) is 0 Å². The van der Waals surface area contributed by atoms with Crippen LogP contribution in [0.1, 0.15) is 37.2 Å². The topological polar surface area (TPSA) is 62.3 Å². The van der Waals surface area contributed by atoms with Gasteiger partial charge in [0.05, 0.1) is 12.6 Å². The summed E-state index contributed by atoms with van der Waals surface area (Å²) in [6.45, 7) is 2.25. The number of nitrogens with zero attached hydrogens (tertiary/aromatic N) is 2. The van der Waals surface area contributed by atoms with E-state index < -0.39 is 0 Å². The molecule has 1 N–H and O–H groups in total. The van der Waals surface area contributed by atoms with Crippen molar-refractivity contribution < 1.29 is 9.59 Å². The predicted octanol–water partition coefficient (Wildman–Crippen LogP) is 1.33. The molecule has 0 aromatic carbocycles. The zero-order valence-electron chi connectivity index (χ0n) is 10.4. The minimum absolute atomic E-state index is 0.0231. The Morgan fingerprint density at radius 2 is 2.39 bits per heavy atom. The lowest BCUT2D eigenvalue weighted by Crippen LogP contribution is -2.43. The predicted molar refractivity (Wildman–Crippen MR) is 69.1 cm³/mol. The standard InChI is InChI=1S/C12H17N3O2S/c1-9(16)14-8-11(17)15-6-3-2-4-10(15)12-13-5-7-18-12/h5,7,10H,2-4,6,8H2,1H3,(H,14,16)/t10-/m1/s1. The van der Waals surface area contributed by atoms with Crippen molar-refractivity contribution in [2.24, 2.45) is 0 Å². The van der Waals surface area contributed by atoms with Gasteiger partial charge in [0.1, 0.15) is 5.01 Å². The molecule has 0 saturated carbocycles. The summed E-state index contributed by atoms with van der Waals surface area (Å²) < 4.78 is 0. The number of nitrogens with one attached hydrogen (secondary N) is 1. The Hall–Kier alpha value is -1.43. The molecule has 1 aromatic heterocycles. The first-order chi connectivity index (χ1) is 8.68. The monoisotopic (exact) mass is 267 g/mol. The van der Waals surface area contributed by atoms with Crippen molar-refractivity contribution in [1.82, 2.24) is 15.2 Å². The van der Waals surface area contributed by atoms with Gasteiger partial charge in [0, 0.05) is 25.0 Å². The molecule has 2 heterocycles. The van der Waals surface area contributed by atoms with Gasteiger partial charge in [-0.2, -0.15) is 0 Å². The highest BCUT2D eigenvalue weighted by Crippen LogP contribution is 2.31. The number of aromatic nitrogens is 1. The lowest BCUT2D eigenvalue weighted by atomic mass is 10.0. The molecule has 0 unspecified atom stereocenters. The second kappa shape index (κ2) is 5.95. The van der Waals surface area contributed by atoms with Gasteiger partial charge in [-0.1, -0.05) is 0 Å². The van der Waals surface area contributed by atoms with Gasteiger partial charge in [-0.05, 0) is 19.3 Å². The van der Waals surface area contributed by atoms with Crippen molar-refractivity contribution in [3.05, 3.63) is 16.6 Å². The number of piperidine rings is 1. The van der Waals surface area contributed by atoms with Crippen LogP contribution in [0.15, 0.2) is 11.6 Å². The molecule has 0 radical (unpaired) electrons. The molecular formula is C12H17N3O2S. The zero-order valence-corrected chi connectivity index (χ0v) is 11.2. The van der Waals surface area contributed by atoms with Gasteiger partial charge in [0.15, 0.2) is 0 Å². The van der Waals surface area contributed by atoms with E-state index in [4.69, 9.17) is 0 Å². The Morgan fingerprint density at radius 1 is 1.56 bits per heavy atom. The van der Waals surface area contributed by atoms with Gasteiger partial charge in [-0.15, -0.1) is 11.3 Å². The van der Waals surface area contributed by atoms with Gasteiger partial charge in [0.25, 0.3) is 0 Å². The van der Waals surface area contributed by atoms with Gasteiger partial charge >= 0.3 is 0 Å². The first-order valence-electron chi connectivity index (χ1n) is 6.12. The van der Waals surface area contributed by atoms with Gasteiger partial charge in [-0.3, -0.25) is 9.59 Å². The van der Waals surface area contributed by atoms with E-state index in [0.29, 0.717) is 0 Å². The maximum Gasteiger partial charge on any atom is 0.242 e. The Labute approximate surface area is 110 Å². The quantitative estimate of drug-likeness (QED) is 0.898. The van der Waals surface area contributed by atoms with Crippen molar-refractivity contribution in [2.45, 2.75) is 32.2 Å². The van der Waals surface area contributed by atoms with E-state index in [1.54, 1.807) is 17.5 Å². The summed E-state index contributed by atoms with van der Waals surface area (Å²) in [5, 5.41) is 5.48. The van der Waals surface area contributed by atoms with E-state index in [0.717, 1.165) is 30.8 Å². The molecule has 6 heteroatoms. The highest BCUT2D eigenvalue weighted by molar-refractivity contribution is 7.09. The van der Waals surface area contributed by atoms with Crippen LogP contribution in [0.2, 0.25) is 0 Å². The lowest BCUT2D eigenvalue weighted by molar-refractivity contribution is -0.135. The maximum atomic E-state index is 12.1. The van der Waals surface area contributed by atoms with Crippen molar-refractivity contribution in [2.75, 3.05) is 13.1 Å². The fourth-order valence-corrected chi connectivity index (χ4v) is 2.97. The summed E-state index contributed by atoms with van der Waals surface area (Å²) in [4.78, 5) is 29.1. The summed E-state index contributed by atoms with van der Waals surface area (Å²) in [6.07, 6.45) is 4.87. The molecule has 0 bridgehead atoms. The minimum Gasteiger partial charge on any atom is -0.347 e. The highest BCUT2D eigenvalue weighted by Gasteiger charge is 2.29. The van der Waals surface area contributed by atoms with E-state index in [1.165, 1.54) is 6.92 Å². The van der Waals surface area contributed by atoms with E-state index in [1.807, 2.05) is 10.3 Å². The van der Waals surface area contributed by atoms with Gasteiger partial charge < -0.3 is 10.2 Å². The van der Waals surface area contributed by atoms with Crippen LogP contribution in [-0.4, -0.2) is 34.8 Å². The molecule has 5 nitrogen and oxygen atoms in total. The molecule has 2 rings (SSSR count). The highest BCUT2D eigenvalue weighted by atomic mass is 32.1. The smallest absolute Gasteiger partial charge is 0.242 e. The third-order valence-corrected chi connectivity index (χ3v) is 3.92. The largest absolute Gasteiger partial charge is 0.347 e. The molecule has 1 fully saturated rings. The number of amides is 2. The van der Waals surface area contributed by atoms with Crippen LogP contribution in [0.5, 0.6) is 0 Å². The minimum atomic E-state index is -0.175. The van der Waals surface area contributed by atoms with Crippen LogP contribution in [0.25, 0.3) is 0 Å². The number of rotatable bonds is 3. The SMILES string of the molecule is CC(=O)NCC(=O)N1CCCC[C@@H]1c1nccs1. The average molecular weight is 267 g/mol. The second-order valence-corrected chi connectivity index (χ2v) is 5.30. The van der Waals surface area contributed by atoms with Crippen molar-refractivity contribution >= 4 is 23.2 Å². The molecule has 1 atom stereocenters. The fraction of sp³-hybridized carbons (Fsp3) is 0.583. The van der Waals surface area contributed by atoms with Crippen LogP contribution in [-0.2, 0) is 9.59 Å². The number of hydrogen-bond donors (Lipinski definition) is 1. The maximum absolute atomic E-state index is 12.1. The van der Waals surface area contributed by atoms with E-state index in [2.05, 4.69) is 10.3 Å². The molecule has 1 aliphatic heterocycles. The Bertz CT molecular complexity index is 419. The molecular weight excluding hydrogens is 250 g/mol. The molecule has 2 amide bonds. The normalized spacial score (nSPS) is 19.6. The molecule has 0 aliphatic carbocycles. The summed E-state index contributed by atoms with van der Waals surface area (Å²) in [5.74, 6) is -0.198. The van der Waals surface area contributed by atoms with Crippen molar-refractivity contribution in [3.63, 3.8) is 0 Å². The summed E-state index contributed by atoms with van der Waals surface area (Å²) >= 11 is 1.58. The number of likely N-dealkylation sites (tertiary alicyclic amines) is 1. The molecule has 18 heavy (non-hydrogen) atoms. The van der Waals surface area contributed by atoms with Crippen LogP contribution < -0.4 is 5.32 Å². The van der Waals surface area contributed by atoms with E-state index >= 15 is 0 Å². The fourth-order valence-electron chi connectivity index (χ4n) is 2.19. The molecule has 1 aromatic rings. The summed E-state index contributed by atoms with van der Waals surface area (Å²) in [5.41, 5.74) is 0. The summed E-state index contributed by atoms with van der Waals surface area (Å²) in [6, 6.07) is 0.0833. The first kappa shape index (κ1) is 13.0. The van der Waals surface area contributed by atoms with Gasteiger partial charge in [0.2, 0.25) is 11.8 Å². The number of carbonyl (C=O) groups excluding carboxylic acids is 2.